The minimum atomic E-state index is -1.15. The molecule has 106 valence electrons. The molecule has 2 aromatic rings. The maximum absolute atomic E-state index is 13.7. The third kappa shape index (κ3) is 3.42. The highest BCUT2D eigenvalue weighted by Crippen LogP contribution is 2.26. The van der Waals surface area contributed by atoms with Crippen LogP contribution < -0.4 is 0 Å². The number of aliphatic hydroxyl groups excluding tert-OH is 1. The van der Waals surface area contributed by atoms with E-state index in [0.29, 0.717) is 11.5 Å². The summed E-state index contributed by atoms with van der Waals surface area (Å²) < 4.78 is 26.9. The molecule has 20 heavy (non-hydrogen) atoms. The lowest BCUT2D eigenvalue weighted by Gasteiger charge is -2.14. The van der Waals surface area contributed by atoms with Gasteiger partial charge in [-0.1, -0.05) is 38.1 Å². The summed E-state index contributed by atoms with van der Waals surface area (Å²) in [6.07, 6.45) is -0.274. The molecule has 0 aromatic heterocycles. The molecule has 0 aliphatic rings. The van der Waals surface area contributed by atoms with Gasteiger partial charge in [-0.3, -0.25) is 0 Å². The molecule has 1 atom stereocenters. The summed E-state index contributed by atoms with van der Waals surface area (Å²) in [5.74, 6) is -0.666. The number of rotatable bonds is 4. The number of aliphatic hydroxyl groups is 1. The second-order valence-electron chi connectivity index (χ2n) is 5.41. The molecule has 0 amide bonds. The van der Waals surface area contributed by atoms with E-state index in [0.717, 1.165) is 30.2 Å². The van der Waals surface area contributed by atoms with Gasteiger partial charge in [-0.2, -0.15) is 0 Å². The van der Waals surface area contributed by atoms with E-state index in [9.17, 15) is 13.9 Å². The largest absolute Gasteiger partial charge is 0.384 e. The summed E-state index contributed by atoms with van der Waals surface area (Å²) in [5, 5.41) is 10.2. The molecule has 2 rings (SSSR count). The molecule has 1 unspecified atom stereocenters. The van der Waals surface area contributed by atoms with E-state index in [1.165, 1.54) is 0 Å². The first kappa shape index (κ1) is 14.7. The van der Waals surface area contributed by atoms with Crippen molar-refractivity contribution < 1.29 is 13.9 Å². The molecule has 0 spiro atoms. The molecular formula is C17H18F2O. The van der Waals surface area contributed by atoms with Crippen LogP contribution in [0.4, 0.5) is 8.78 Å². The van der Waals surface area contributed by atoms with E-state index in [1.54, 1.807) is 6.07 Å². The Bertz CT molecular complexity index is 593. The SMILES string of the molecule is CC(C)Cc1cccc(C(O)c2cc(F)ccc2F)c1. The second-order valence-corrected chi connectivity index (χ2v) is 5.41. The van der Waals surface area contributed by atoms with Crippen LogP contribution in [0.5, 0.6) is 0 Å². The van der Waals surface area contributed by atoms with Crippen molar-refractivity contribution in [2.24, 2.45) is 5.92 Å². The molecule has 2 aromatic carbocycles. The molecule has 1 N–H and O–H groups in total. The van der Waals surface area contributed by atoms with Crippen molar-refractivity contribution in [1.29, 1.82) is 0 Å². The Morgan fingerprint density at radius 3 is 2.50 bits per heavy atom. The summed E-state index contributed by atoms with van der Waals surface area (Å²) in [7, 11) is 0. The maximum atomic E-state index is 13.7. The number of hydrogen-bond donors (Lipinski definition) is 1. The van der Waals surface area contributed by atoms with Crippen molar-refractivity contribution in [3.05, 3.63) is 70.8 Å². The van der Waals surface area contributed by atoms with Gasteiger partial charge < -0.3 is 5.11 Å². The van der Waals surface area contributed by atoms with Crippen molar-refractivity contribution in [3.63, 3.8) is 0 Å². The van der Waals surface area contributed by atoms with Crippen LogP contribution in [0, 0.1) is 17.6 Å². The third-order valence-corrected chi connectivity index (χ3v) is 3.16. The normalized spacial score (nSPS) is 12.7. The standard InChI is InChI=1S/C17H18F2O/c1-11(2)8-12-4-3-5-13(9-12)17(20)15-10-14(18)6-7-16(15)19/h3-7,9-11,17,20H,8H2,1-2H3. The van der Waals surface area contributed by atoms with E-state index in [1.807, 2.05) is 18.2 Å². The zero-order valence-electron chi connectivity index (χ0n) is 11.6. The Morgan fingerprint density at radius 2 is 1.80 bits per heavy atom. The van der Waals surface area contributed by atoms with Gasteiger partial charge in [0.15, 0.2) is 0 Å². The van der Waals surface area contributed by atoms with Gasteiger partial charge in [0.2, 0.25) is 0 Å². The number of hydrogen-bond acceptors (Lipinski definition) is 1. The molecule has 0 aliphatic heterocycles. The minimum Gasteiger partial charge on any atom is -0.384 e. The molecule has 0 radical (unpaired) electrons. The monoisotopic (exact) mass is 276 g/mol. The predicted octanol–water partition coefficient (Wildman–Crippen LogP) is 4.25. The summed E-state index contributed by atoms with van der Waals surface area (Å²) in [4.78, 5) is 0. The third-order valence-electron chi connectivity index (χ3n) is 3.16. The summed E-state index contributed by atoms with van der Waals surface area (Å²) >= 11 is 0. The zero-order chi connectivity index (χ0) is 14.7. The van der Waals surface area contributed by atoms with E-state index in [4.69, 9.17) is 0 Å². The fourth-order valence-electron chi connectivity index (χ4n) is 2.27. The van der Waals surface area contributed by atoms with E-state index in [2.05, 4.69) is 13.8 Å². The average molecular weight is 276 g/mol. The Balaban J connectivity index is 2.33. The molecule has 3 heteroatoms. The van der Waals surface area contributed by atoms with Crippen molar-refractivity contribution in [3.8, 4) is 0 Å². The minimum absolute atomic E-state index is 0.0355. The average Bonchev–Trinajstić information content (AvgIpc) is 2.40. The maximum Gasteiger partial charge on any atom is 0.129 e. The van der Waals surface area contributed by atoms with Gasteiger partial charge in [0.25, 0.3) is 0 Å². The van der Waals surface area contributed by atoms with Crippen LogP contribution in [0.15, 0.2) is 42.5 Å². The quantitative estimate of drug-likeness (QED) is 0.885. The van der Waals surface area contributed by atoms with Crippen LogP contribution >= 0.6 is 0 Å². The topological polar surface area (TPSA) is 20.2 Å². The molecule has 0 bridgehead atoms. The highest BCUT2D eigenvalue weighted by Gasteiger charge is 2.16. The number of halogens is 2. The molecule has 1 nitrogen and oxygen atoms in total. The van der Waals surface area contributed by atoms with Crippen LogP contribution in [0.25, 0.3) is 0 Å². The van der Waals surface area contributed by atoms with Crippen LogP contribution in [0.2, 0.25) is 0 Å². The first-order valence-electron chi connectivity index (χ1n) is 6.69. The lowest BCUT2D eigenvalue weighted by atomic mass is 9.96. The van der Waals surface area contributed by atoms with Gasteiger partial charge in [0, 0.05) is 5.56 Å². The molecule has 0 aliphatic carbocycles. The molecule has 0 saturated heterocycles. The zero-order valence-corrected chi connectivity index (χ0v) is 11.6. The van der Waals surface area contributed by atoms with Crippen LogP contribution in [0.1, 0.15) is 36.6 Å². The summed E-state index contributed by atoms with van der Waals surface area (Å²) in [6.45, 7) is 4.21. The van der Waals surface area contributed by atoms with Gasteiger partial charge in [0.05, 0.1) is 0 Å². The fraction of sp³-hybridized carbons (Fsp3) is 0.294. The fourth-order valence-corrected chi connectivity index (χ4v) is 2.27. The Morgan fingerprint density at radius 1 is 1.05 bits per heavy atom. The van der Waals surface area contributed by atoms with Crippen molar-refractivity contribution >= 4 is 0 Å². The van der Waals surface area contributed by atoms with Crippen molar-refractivity contribution in [2.75, 3.05) is 0 Å². The highest BCUT2D eigenvalue weighted by atomic mass is 19.1. The van der Waals surface area contributed by atoms with Crippen molar-refractivity contribution in [2.45, 2.75) is 26.4 Å². The second kappa shape index (κ2) is 6.14. The molecule has 0 fully saturated rings. The first-order chi connectivity index (χ1) is 9.47. The first-order valence-corrected chi connectivity index (χ1v) is 6.69. The van der Waals surface area contributed by atoms with Crippen LogP contribution in [-0.4, -0.2) is 5.11 Å². The van der Waals surface area contributed by atoms with Gasteiger partial charge in [-0.15, -0.1) is 0 Å². The summed E-state index contributed by atoms with van der Waals surface area (Å²) in [6, 6.07) is 10.5. The van der Waals surface area contributed by atoms with E-state index in [-0.39, 0.29) is 5.56 Å². The Kier molecular flexibility index (Phi) is 4.50. The molecule has 0 heterocycles. The van der Waals surface area contributed by atoms with Gasteiger partial charge in [-0.25, -0.2) is 8.78 Å². The van der Waals surface area contributed by atoms with Gasteiger partial charge in [0.1, 0.15) is 17.7 Å². The van der Waals surface area contributed by atoms with E-state index >= 15 is 0 Å². The highest BCUT2D eigenvalue weighted by molar-refractivity contribution is 5.33. The van der Waals surface area contributed by atoms with Crippen LogP contribution in [0.3, 0.4) is 0 Å². The van der Waals surface area contributed by atoms with Crippen molar-refractivity contribution in [1.82, 2.24) is 0 Å². The lowest BCUT2D eigenvalue weighted by Crippen LogP contribution is -2.04. The lowest BCUT2D eigenvalue weighted by molar-refractivity contribution is 0.214. The Hall–Kier alpha value is -1.74. The number of benzene rings is 2. The predicted molar refractivity (Wildman–Crippen MR) is 75.4 cm³/mol. The van der Waals surface area contributed by atoms with Gasteiger partial charge in [-0.05, 0) is 41.7 Å². The summed E-state index contributed by atoms with van der Waals surface area (Å²) in [5.41, 5.74) is 1.62. The van der Waals surface area contributed by atoms with Gasteiger partial charge >= 0.3 is 0 Å². The van der Waals surface area contributed by atoms with Crippen LogP contribution in [-0.2, 0) is 6.42 Å². The molecule has 0 saturated carbocycles. The smallest absolute Gasteiger partial charge is 0.129 e. The van der Waals surface area contributed by atoms with E-state index < -0.39 is 17.7 Å². The Labute approximate surface area is 117 Å². The molecular weight excluding hydrogens is 258 g/mol.